The molecule has 6 heteroatoms. The second kappa shape index (κ2) is 11.7. The van der Waals surface area contributed by atoms with E-state index in [0.29, 0.717) is 0 Å². The lowest BCUT2D eigenvalue weighted by atomic mass is 10.2. The molecule has 0 atom stereocenters. The number of nitrogens with one attached hydrogen (secondary N) is 1. The lowest BCUT2D eigenvalue weighted by Gasteiger charge is -2.23. The van der Waals surface area contributed by atoms with E-state index in [4.69, 9.17) is 14.5 Å². The predicted molar refractivity (Wildman–Crippen MR) is 99.8 cm³/mol. The molecule has 0 saturated heterocycles. The largest absolute Gasteiger partial charge is 0.497 e. The standard InChI is InChI=1S/C18H32N4O2/c1-6-19-18(20-11-12-21(2)13-14-23-4)22(3)15-16-7-9-17(24-5)10-8-16/h7-10H,6,11-15H2,1-5H3,(H,19,20). The molecule has 1 rings (SSSR count). The number of methoxy groups -OCH3 is 2. The van der Waals surface area contributed by atoms with Gasteiger partial charge in [0.05, 0.1) is 20.3 Å². The van der Waals surface area contributed by atoms with Crippen LogP contribution in [-0.4, -0.2) is 76.9 Å². The third-order valence-corrected chi connectivity index (χ3v) is 3.70. The summed E-state index contributed by atoms with van der Waals surface area (Å²) >= 11 is 0. The molecule has 0 radical (unpaired) electrons. The molecule has 0 heterocycles. The minimum absolute atomic E-state index is 0.748. The highest BCUT2D eigenvalue weighted by atomic mass is 16.5. The van der Waals surface area contributed by atoms with Crippen LogP contribution in [0.2, 0.25) is 0 Å². The van der Waals surface area contributed by atoms with Crippen LogP contribution in [0.4, 0.5) is 0 Å². The van der Waals surface area contributed by atoms with E-state index in [1.807, 2.05) is 12.1 Å². The number of hydrogen-bond acceptors (Lipinski definition) is 4. The summed E-state index contributed by atoms with van der Waals surface area (Å²) in [7, 11) is 7.55. The van der Waals surface area contributed by atoms with Crippen LogP contribution in [0.15, 0.2) is 29.3 Å². The summed E-state index contributed by atoms with van der Waals surface area (Å²) in [6.45, 7) is 7.08. The van der Waals surface area contributed by atoms with E-state index >= 15 is 0 Å². The normalized spacial score (nSPS) is 11.7. The molecule has 0 fully saturated rings. The van der Waals surface area contributed by atoms with E-state index in [0.717, 1.165) is 51.0 Å². The number of hydrogen-bond donors (Lipinski definition) is 1. The topological polar surface area (TPSA) is 49.3 Å². The smallest absolute Gasteiger partial charge is 0.194 e. The first-order valence-corrected chi connectivity index (χ1v) is 8.40. The van der Waals surface area contributed by atoms with Crippen molar-refractivity contribution in [2.75, 3.05) is 61.1 Å². The molecule has 0 aromatic heterocycles. The van der Waals surface area contributed by atoms with Crippen LogP contribution < -0.4 is 10.1 Å². The zero-order chi connectivity index (χ0) is 17.8. The maximum absolute atomic E-state index is 5.20. The quantitative estimate of drug-likeness (QED) is 0.520. The third kappa shape index (κ3) is 7.66. The molecular weight excluding hydrogens is 304 g/mol. The average molecular weight is 336 g/mol. The number of rotatable bonds is 10. The fraction of sp³-hybridized carbons (Fsp3) is 0.611. The summed E-state index contributed by atoms with van der Waals surface area (Å²) in [6, 6.07) is 8.13. The Bertz CT molecular complexity index is 476. The van der Waals surface area contributed by atoms with Crippen LogP contribution in [0.5, 0.6) is 5.75 Å². The van der Waals surface area contributed by atoms with Crippen LogP contribution in [-0.2, 0) is 11.3 Å². The summed E-state index contributed by atoms with van der Waals surface area (Å²) in [5.41, 5.74) is 1.22. The number of guanidine groups is 1. The Labute approximate surface area is 146 Å². The molecule has 0 aliphatic rings. The molecule has 0 unspecified atom stereocenters. The molecule has 1 N–H and O–H groups in total. The highest BCUT2D eigenvalue weighted by Gasteiger charge is 2.07. The molecule has 136 valence electrons. The Morgan fingerprint density at radius 3 is 2.42 bits per heavy atom. The molecule has 0 bridgehead atoms. The summed E-state index contributed by atoms with van der Waals surface area (Å²) in [4.78, 5) is 9.08. The second-order valence-corrected chi connectivity index (χ2v) is 5.74. The zero-order valence-electron chi connectivity index (χ0n) is 15.7. The van der Waals surface area contributed by atoms with Crippen LogP contribution in [0.25, 0.3) is 0 Å². The molecule has 6 nitrogen and oxygen atoms in total. The van der Waals surface area contributed by atoms with Gasteiger partial charge in [-0.05, 0) is 31.7 Å². The third-order valence-electron chi connectivity index (χ3n) is 3.70. The summed E-state index contributed by atoms with van der Waals surface area (Å²) < 4.78 is 10.3. The van der Waals surface area contributed by atoms with Crippen molar-refractivity contribution in [1.29, 1.82) is 0 Å². The van der Waals surface area contributed by atoms with Crippen molar-refractivity contribution < 1.29 is 9.47 Å². The van der Waals surface area contributed by atoms with Gasteiger partial charge in [0, 0.05) is 40.3 Å². The molecule has 0 aliphatic heterocycles. The van der Waals surface area contributed by atoms with Crippen LogP contribution in [0, 0.1) is 0 Å². The van der Waals surface area contributed by atoms with Crippen molar-refractivity contribution in [3.05, 3.63) is 29.8 Å². The number of nitrogens with zero attached hydrogens (tertiary/aromatic N) is 3. The maximum atomic E-state index is 5.20. The first kappa shape index (κ1) is 20.3. The minimum Gasteiger partial charge on any atom is -0.497 e. The lowest BCUT2D eigenvalue weighted by Crippen LogP contribution is -2.39. The maximum Gasteiger partial charge on any atom is 0.194 e. The molecule has 0 spiro atoms. The van der Waals surface area contributed by atoms with Crippen molar-refractivity contribution in [3.63, 3.8) is 0 Å². The summed E-state index contributed by atoms with van der Waals surface area (Å²) in [6.07, 6.45) is 0. The number of aliphatic imine (C=N–C) groups is 1. The van der Waals surface area contributed by atoms with Crippen LogP contribution >= 0.6 is 0 Å². The van der Waals surface area contributed by atoms with E-state index in [2.05, 4.69) is 48.3 Å². The van der Waals surface area contributed by atoms with E-state index in [-0.39, 0.29) is 0 Å². The van der Waals surface area contributed by atoms with Gasteiger partial charge in [-0.25, -0.2) is 0 Å². The van der Waals surface area contributed by atoms with Gasteiger partial charge in [0.25, 0.3) is 0 Å². The molecule has 0 aliphatic carbocycles. The van der Waals surface area contributed by atoms with Gasteiger partial charge in [-0.1, -0.05) is 12.1 Å². The molecule has 24 heavy (non-hydrogen) atoms. The van der Waals surface area contributed by atoms with Crippen molar-refractivity contribution >= 4 is 5.96 Å². The van der Waals surface area contributed by atoms with E-state index in [9.17, 15) is 0 Å². The van der Waals surface area contributed by atoms with Crippen molar-refractivity contribution in [2.24, 2.45) is 4.99 Å². The average Bonchev–Trinajstić information content (AvgIpc) is 2.59. The predicted octanol–water partition coefficient (Wildman–Crippen LogP) is 1.67. The first-order chi connectivity index (χ1) is 11.6. The lowest BCUT2D eigenvalue weighted by molar-refractivity contribution is 0.163. The van der Waals surface area contributed by atoms with Gasteiger partial charge in [-0.2, -0.15) is 0 Å². The molecule has 1 aromatic carbocycles. The van der Waals surface area contributed by atoms with Crippen molar-refractivity contribution in [3.8, 4) is 5.75 Å². The Hall–Kier alpha value is -1.79. The number of ether oxygens (including phenoxy) is 2. The van der Waals surface area contributed by atoms with Crippen LogP contribution in [0.1, 0.15) is 12.5 Å². The van der Waals surface area contributed by atoms with Gasteiger partial charge in [-0.15, -0.1) is 0 Å². The first-order valence-electron chi connectivity index (χ1n) is 8.40. The molecular formula is C18H32N4O2. The summed E-state index contributed by atoms with van der Waals surface area (Å²) in [5, 5.41) is 3.35. The second-order valence-electron chi connectivity index (χ2n) is 5.74. The van der Waals surface area contributed by atoms with Gasteiger partial charge in [-0.3, -0.25) is 4.99 Å². The summed E-state index contributed by atoms with van der Waals surface area (Å²) in [5.74, 6) is 1.80. The van der Waals surface area contributed by atoms with Gasteiger partial charge in [0.1, 0.15) is 5.75 Å². The molecule has 0 saturated carbocycles. The van der Waals surface area contributed by atoms with Crippen molar-refractivity contribution in [1.82, 2.24) is 15.1 Å². The Kier molecular flexibility index (Phi) is 9.88. The Balaban J connectivity index is 2.56. The monoisotopic (exact) mass is 336 g/mol. The van der Waals surface area contributed by atoms with Gasteiger partial charge < -0.3 is 24.6 Å². The van der Waals surface area contributed by atoms with E-state index in [1.54, 1.807) is 14.2 Å². The highest BCUT2D eigenvalue weighted by molar-refractivity contribution is 5.79. The Morgan fingerprint density at radius 1 is 1.12 bits per heavy atom. The fourth-order valence-corrected chi connectivity index (χ4v) is 2.23. The number of likely N-dealkylation sites (N-methyl/N-ethyl adjacent to an activating group) is 1. The van der Waals surface area contributed by atoms with Gasteiger partial charge in [0.15, 0.2) is 5.96 Å². The van der Waals surface area contributed by atoms with Gasteiger partial charge >= 0.3 is 0 Å². The van der Waals surface area contributed by atoms with E-state index in [1.165, 1.54) is 5.56 Å². The minimum atomic E-state index is 0.748. The molecule has 0 amide bonds. The van der Waals surface area contributed by atoms with E-state index < -0.39 is 0 Å². The zero-order valence-corrected chi connectivity index (χ0v) is 15.7. The highest BCUT2D eigenvalue weighted by Crippen LogP contribution is 2.12. The van der Waals surface area contributed by atoms with Crippen molar-refractivity contribution in [2.45, 2.75) is 13.5 Å². The van der Waals surface area contributed by atoms with Crippen LogP contribution in [0.3, 0.4) is 0 Å². The molecule has 1 aromatic rings. The van der Waals surface area contributed by atoms with Gasteiger partial charge in [0.2, 0.25) is 0 Å². The SMILES string of the molecule is CCNC(=NCCN(C)CCOC)N(C)Cc1ccc(OC)cc1. The fourth-order valence-electron chi connectivity index (χ4n) is 2.23. The Morgan fingerprint density at radius 2 is 1.83 bits per heavy atom. The number of benzene rings is 1.